The lowest BCUT2D eigenvalue weighted by molar-refractivity contribution is 0.170. The third-order valence-corrected chi connectivity index (χ3v) is 4.62. The minimum atomic E-state index is -0.434. The molecule has 0 fully saturated rings. The topological polar surface area (TPSA) is 41.5 Å². The van der Waals surface area contributed by atoms with Gasteiger partial charge in [-0.2, -0.15) is 11.3 Å². The highest BCUT2D eigenvalue weighted by atomic mass is 32.1. The molecule has 20 heavy (non-hydrogen) atoms. The van der Waals surface area contributed by atoms with Crippen LogP contribution in [0, 0.1) is 0 Å². The second-order valence-electron chi connectivity index (χ2n) is 5.14. The van der Waals surface area contributed by atoms with Gasteiger partial charge in [0.15, 0.2) is 0 Å². The minimum absolute atomic E-state index is 0.313. The molecule has 2 atom stereocenters. The molecule has 0 saturated carbocycles. The average Bonchev–Trinajstić information content (AvgIpc) is 3.13. The number of hydrogen-bond donors (Lipinski definition) is 2. The molecular formula is C16H19NO2S. The lowest BCUT2D eigenvalue weighted by Crippen LogP contribution is -2.25. The lowest BCUT2D eigenvalue weighted by Gasteiger charge is -2.17. The number of nitrogens with one attached hydrogen (secondary N) is 1. The van der Waals surface area contributed by atoms with Crippen LogP contribution in [0.2, 0.25) is 0 Å². The van der Waals surface area contributed by atoms with E-state index in [0.717, 1.165) is 24.2 Å². The molecule has 2 aromatic rings. The Morgan fingerprint density at radius 1 is 1.45 bits per heavy atom. The summed E-state index contributed by atoms with van der Waals surface area (Å²) in [6.45, 7) is 0.581. The van der Waals surface area contributed by atoms with Crippen molar-refractivity contribution in [2.45, 2.75) is 25.0 Å². The number of aliphatic hydroxyl groups excluding tert-OH is 1. The highest BCUT2D eigenvalue weighted by Crippen LogP contribution is 2.34. The maximum atomic E-state index is 10.1. The van der Waals surface area contributed by atoms with E-state index in [1.165, 1.54) is 11.1 Å². The maximum absolute atomic E-state index is 10.1. The largest absolute Gasteiger partial charge is 0.497 e. The molecular weight excluding hydrogens is 270 g/mol. The summed E-state index contributed by atoms with van der Waals surface area (Å²) in [4.78, 5) is 0. The predicted octanol–water partition coefficient (Wildman–Crippen LogP) is 3.07. The Hall–Kier alpha value is -1.36. The van der Waals surface area contributed by atoms with E-state index in [1.807, 2.05) is 22.9 Å². The summed E-state index contributed by atoms with van der Waals surface area (Å²) in [5.74, 6) is 0.899. The van der Waals surface area contributed by atoms with Crippen LogP contribution in [0.4, 0.5) is 0 Å². The van der Waals surface area contributed by atoms with Crippen molar-refractivity contribution in [2.75, 3.05) is 13.7 Å². The zero-order valence-electron chi connectivity index (χ0n) is 11.5. The van der Waals surface area contributed by atoms with Gasteiger partial charge in [0.25, 0.3) is 0 Å². The summed E-state index contributed by atoms with van der Waals surface area (Å²) in [5.41, 5.74) is 3.68. The van der Waals surface area contributed by atoms with Gasteiger partial charge in [0.2, 0.25) is 0 Å². The Bertz CT molecular complexity index is 568. The highest BCUT2D eigenvalue weighted by molar-refractivity contribution is 7.07. The van der Waals surface area contributed by atoms with E-state index < -0.39 is 6.10 Å². The van der Waals surface area contributed by atoms with Crippen molar-refractivity contribution in [1.29, 1.82) is 0 Å². The Labute approximate surface area is 123 Å². The van der Waals surface area contributed by atoms with Gasteiger partial charge in [0, 0.05) is 12.6 Å². The summed E-state index contributed by atoms with van der Waals surface area (Å²) in [7, 11) is 1.69. The summed E-state index contributed by atoms with van der Waals surface area (Å²) < 4.78 is 5.30. The van der Waals surface area contributed by atoms with Gasteiger partial charge in [0.05, 0.1) is 13.2 Å². The molecule has 0 bridgehead atoms. The molecule has 3 nitrogen and oxygen atoms in total. The van der Waals surface area contributed by atoms with Gasteiger partial charge in [-0.3, -0.25) is 0 Å². The van der Waals surface area contributed by atoms with E-state index in [9.17, 15) is 5.11 Å². The number of hydrogen-bond acceptors (Lipinski definition) is 4. The van der Waals surface area contributed by atoms with E-state index in [0.29, 0.717) is 12.6 Å². The maximum Gasteiger partial charge on any atom is 0.119 e. The second-order valence-corrected chi connectivity index (χ2v) is 5.92. The Balaban J connectivity index is 1.66. The van der Waals surface area contributed by atoms with Crippen LogP contribution in [0.5, 0.6) is 5.75 Å². The van der Waals surface area contributed by atoms with Crippen LogP contribution in [0.25, 0.3) is 0 Å². The van der Waals surface area contributed by atoms with Crippen LogP contribution in [0.3, 0.4) is 0 Å². The molecule has 0 aliphatic heterocycles. The third kappa shape index (κ3) is 2.73. The van der Waals surface area contributed by atoms with E-state index in [4.69, 9.17) is 4.74 Å². The van der Waals surface area contributed by atoms with Crippen LogP contribution in [0.1, 0.15) is 35.3 Å². The number of rotatable bonds is 5. The number of methoxy groups -OCH3 is 1. The molecule has 0 saturated heterocycles. The molecule has 2 unspecified atom stereocenters. The number of benzene rings is 1. The van der Waals surface area contributed by atoms with Gasteiger partial charge in [-0.1, -0.05) is 6.07 Å². The first-order chi connectivity index (χ1) is 9.78. The van der Waals surface area contributed by atoms with E-state index in [-0.39, 0.29) is 0 Å². The second kappa shape index (κ2) is 5.95. The standard InChI is InChI=1S/C16H19NO2S/c1-19-13-4-2-11-3-5-15(14(11)8-13)17-9-16(18)12-6-7-20-10-12/h2,4,6-8,10,15-18H,3,5,9H2,1H3. The fourth-order valence-corrected chi connectivity index (χ4v) is 3.46. The molecule has 0 amide bonds. The summed E-state index contributed by atoms with van der Waals surface area (Å²) >= 11 is 1.62. The minimum Gasteiger partial charge on any atom is -0.497 e. The Morgan fingerprint density at radius 2 is 2.35 bits per heavy atom. The molecule has 3 rings (SSSR count). The van der Waals surface area contributed by atoms with Crippen LogP contribution >= 0.6 is 11.3 Å². The number of aliphatic hydroxyl groups is 1. The fourth-order valence-electron chi connectivity index (χ4n) is 2.76. The quantitative estimate of drug-likeness (QED) is 0.889. The van der Waals surface area contributed by atoms with Crippen molar-refractivity contribution >= 4 is 11.3 Å². The van der Waals surface area contributed by atoms with Crippen molar-refractivity contribution < 1.29 is 9.84 Å². The van der Waals surface area contributed by atoms with Crippen LogP contribution in [-0.4, -0.2) is 18.8 Å². The molecule has 0 spiro atoms. The summed E-state index contributed by atoms with van der Waals surface area (Å²) in [6.07, 6.45) is 1.74. The molecule has 1 aliphatic carbocycles. The van der Waals surface area contributed by atoms with Crippen molar-refractivity contribution in [2.24, 2.45) is 0 Å². The summed E-state index contributed by atoms with van der Waals surface area (Å²) in [6, 6.07) is 8.56. The molecule has 106 valence electrons. The van der Waals surface area contributed by atoms with E-state index in [2.05, 4.69) is 17.4 Å². The number of ether oxygens (including phenoxy) is 1. The monoisotopic (exact) mass is 289 g/mol. The van der Waals surface area contributed by atoms with Crippen molar-refractivity contribution in [3.8, 4) is 5.75 Å². The highest BCUT2D eigenvalue weighted by Gasteiger charge is 2.23. The molecule has 1 aliphatic rings. The van der Waals surface area contributed by atoms with Crippen LogP contribution in [0.15, 0.2) is 35.0 Å². The molecule has 0 radical (unpaired) electrons. The fraction of sp³-hybridized carbons (Fsp3) is 0.375. The smallest absolute Gasteiger partial charge is 0.119 e. The first-order valence-corrected chi connectivity index (χ1v) is 7.82. The summed E-state index contributed by atoms with van der Waals surface area (Å²) in [5, 5.41) is 17.6. The van der Waals surface area contributed by atoms with E-state index >= 15 is 0 Å². The SMILES string of the molecule is COc1ccc2c(c1)C(NCC(O)c1ccsc1)CC2. The van der Waals surface area contributed by atoms with Gasteiger partial charge in [-0.25, -0.2) is 0 Å². The normalized spacial score (nSPS) is 18.8. The molecule has 1 heterocycles. The number of aryl methyl sites for hydroxylation is 1. The van der Waals surface area contributed by atoms with Crippen LogP contribution in [-0.2, 0) is 6.42 Å². The number of fused-ring (bicyclic) bond motifs is 1. The zero-order valence-corrected chi connectivity index (χ0v) is 12.3. The van der Waals surface area contributed by atoms with Gasteiger partial charge >= 0.3 is 0 Å². The predicted molar refractivity (Wildman–Crippen MR) is 81.3 cm³/mol. The lowest BCUT2D eigenvalue weighted by atomic mass is 10.1. The van der Waals surface area contributed by atoms with Gasteiger partial charge in [-0.05, 0) is 58.5 Å². The van der Waals surface area contributed by atoms with Gasteiger partial charge in [0.1, 0.15) is 5.75 Å². The molecule has 1 aromatic heterocycles. The third-order valence-electron chi connectivity index (χ3n) is 3.92. The van der Waals surface area contributed by atoms with E-state index in [1.54, 1.807) is 18.4 Å². The molecule has 1 aromatic carbocycles. The molecule has 2 N–H and O–H groups in total. The van der Waals surface area contributed by atoms with Gasteiger partial charge in [-0.15, -0.1) is 0 Å². The first-order valence-electron chi connectivity index (χ1n) is 6.88. The van der Waals surface area contributed by atoms with Crippen molar-refractivity contribution in [1.82, 2.24) is 5.32 Å². The average molecular weight is 289 g/mol. The van der Waals surface area contributed by atoms with Crippen LogP contribution < -0.4 is 10.1 Å². The Morgan fingerprint density at radius 3 is 3.10 bits per heavy atom. The van der Waals surface area contributed by atoms with Gasteiger partial charge < -0.3 is 15.2 Å². The number of thiophene rings is 1. The Kier molecular flexibility index (Phi) is 4.05. The molecule has 4 heteroatoms. The van der Waals surface area contributed by atoms with Crippen molar-refractivity contribution in [3.63, 3.8) is 0 Å². The van der Waals surface area contributed by atoms with Crippen molar-refractivity contribution in [3.05, 3.63) is 51.7 Å². The first kappa shape index (κ1) is 13.6. The zero-order chi connectivity index (χ0) is 13.9.